The summed E-state index contributed by atoms with van der Waals surface area (Å²) in [6, 6.07) is 4.60. The van der Waals surface area contributed by atoms with Gasteiger partial charge in [0.25, 0.3) is 0 Å². The number of benzene rings is 1. The Balaban J connectivity index is 3.03. The van der Waals surface area contributed by atoms with E-state index in [1.165, 1.54) is 19.2 Å². The summed E-state index contributed by atoms with van der Waals surface area (Å²) < 4.78 is 43.5. The molecule has 0 fully saturated rings. The molecular formula is C13H13BrF3NO2. The van der Waals surface area contributed by atoms with Crippen molar-refractivity contribution in [1.82, 2.24) is 5.32 Å². The van der Waals surface area contributed by atoms with Gasteiger partial charge in [0, 0.05) is 23.2 Å². The van der Waals surface area contributed by atoms with Crippen molar-refractivity contribution in [3.8, 4) is 0 Å². The average molecular weight is 352 g/mol. The normalized spacial score (nSPS) is 12.4. The largest absolute Gasteiger partial charge is 0.431 e. The van der Waals surface area contributed by atoms with Crippen LogP contribution < -0.4 is 5.32 Å². The third-order valence-corrected chi connectivity index (χ3v) is 3.32. The van der Waals surface area contributed by atoms with Crippen LogP contribution in [0.15, 0.2) is 34.4 Å². The lowest BCUT2D eigenvalue weighted by Crippen LogP contribution is -2.28. The van der Waals surface area contributed by atoms with Crippen molar-refractivity contribution in [2.45, 2.75) is 13.1 Å². The van der Waals surface area contributed by atoms with E-state index >= 15 is 0 Å². The quantitative estimate of drug-likeness (QED) is 0.500. The maximum Gasteiger partial charge on any atom is 0.431 e. The first kappa shape index (κ1) is 16.7. The molecule has 3 nitrogen and oxygen atoms in total. The Morgan fingerprint density at radius 1 is 1.45 bits per heavy atom. The molecule has 0 radical (unpaired) electrons. The fourth-order valence-electron chi connectivity index (χ4n) is 1.40. The molecule has 0 aromatic heterocycles. The first-order valence-corrected chi connectivity index (χ1v) is 6.37. The van der Waals surface area contributed by atoms with Gasteiger partial charge < -0.3 is 10.1 Å². The van der Waals surface area contributed by atoms with Crippen LogP contribution in [0.1, 0.15) is 15.9 Å². The molecule has 0 unspecified atom stereocenters. The number of methoxy groups -OCH3 is 1. The predicted octanol–water partition coefficient (Wildman–Crippen LogP) is 3.58. The van der Waals surface area contributed by atoms with Crippen molar-refractivity contribution in [3.63, 3.8) is 0 Å². The van der Waals surface area contributed by atoms with Gasteiger partial charge in [-0.15, -0.1) is 0 Å². The van der Waals surface area contributed by atoms with E-state index in [0.29, 0.717) is 6.08 Å². The second kappa shape index (κ2) is 6.90. The molecule has 0 aliphatic heterocycles. The molecule has 20 heavy (non-hydrogen) atoms. The summed E-state index contributed by atoms with van der Waals surface area (Å²) in [4.78, 5) is 11.9. The van der Waals surface area contributed by atoms with Crippen molar-refractivity contribution < 1.29 is 22.7 Å². The highest BCUT2D eigenvalue weighted by Crippen LogP contribution is 2.24. The van der Waals surface area contributed by atoms with E-state index in [1.807, 2.05) is 5.32 Å². The zero-order chi connectivity index (χ0) is 15.3. The van der Waals surface area contributed by atoms with E-state index in [1.54, 1.807) is 13.0 Å². The summed E-state index contributed by atoms with van der Waals surface area (Å²) in [6.45, 7) is 1.41. The summed E-state index contributed by atoms with van der Waals surface area (Å²) in [6.07, 6.45) is -4.11. The predicted molar refractivity (Wildman–Crippen MR) is 72.4 cm³/mol. The van der Waals surface area contributed by atoms with Gasteiger partial charge in [-0.1, -0.05) is 15.9 Å². The third kappa shape index (κ3) is 4.64. The highest BCUT2D eigenvalue weighted by atomic mass is 79.9. The lowest BCUT2D eigenvalue weighted by atomic mass is 10.1. The Bertz CT molecular complexity index is 527. The number of ether oxygens (including phenoxy) is 1. The third-order valence-electron chi connectivity index (χ3n) is 2.43. The number of rotatable bonds is 5. The summed E-state index contributed by atoms with van der Waals surface area (Å²) in [5.74, 6) is -0.725. The molecule has 0 aliphatic carbocycles. The summed E-state index contributed by atoms with van der Waals surface area (Å²) in [5, 5.41) is 2.02. The van der Waals surface area contributed by atoms with Gasteiger partial charge in [-0.3, -0.25) is 4.79 Å². The zero-order valence-electron chi connectivity index (χ0n) is 10.8. The van der Waals surface area contributed by atoms with Crippen molar-refractivity contribution in [2.75, 3.05) is 13.8 Å². The molecule has 0 amide bonds. The van der Waals surface area contributed by atoms with Gasteiger partial charge in [-0.2, -0.15) is 13.2 Å². The maximum absolute atomic E-state index is 12.7. The monoisotopic (exact) mass is 351 g/mol. The van der Waals surface area contributed by atoms with Crippen LogP contribution >= 0.6 is 15.9 Å². The Morgan fingerprint density at radius 2 is 2.10 bits per heavy atom. The Kier molecular flexibility index (Phi) is 5.76. The molecule has 1 N–H and O–H groups in total. The van der Waals surface area contributed by atoms with E-state index < -0.39 is 17.7 Å². The lowest BCUT2D eigenvalue weighted by Gasteiger charge is -2.13. The molecule has 1 rings (SSSR count). The van der Waals surface area contributed by atoms with Gasteiger partial charge in [-0.05, 0) is 30.7 Å². The highest BCUT2D eigenvalue weighted by molar-refractivity contribution is 9.10. The minimum absolute atomic E-state index is 0.187. The van der Waals surface area contributed by atoms with Crippen LogP contribution in [-0.2, 0) is 4.74 Å². The summed E-state index contributed by atoms with van der Waals surface area (Å²) >= 11 is 3.26. The Morgan fingerprint density at radius 3 is 2.60 bits per heavy atom. The molecule has 7 heteroatoms. The van der Waals surface area contributed by atoms with Crippen LogP contribution in [0, 0.1) is 6.92 Å². The van der Waals surface area contributed by atoms with Crippen LogP contribution in [0.3, 0.4) is 0 Å². The molecule has 110 valence electrons. The SMILES string of the molecule is COCNC(=CC(=O)c1ccc(Br)c(C)c1)C(F)(F)F. The molecular weight excluding hydrogens is 339 g/mol. The van der Waals surface area contributed by atoms with Crippen molar-refractivity contribution in [2.24, 2.45) is 0 Å². The molecule has 1 aromatic rings. The number of aryl methyl sites for hydroxylation is 1. The topological polar surface area (TPSA) is 38.3 Å². The number of hydrogen-bond donors (Lipinski definition) is 1. The van der Waals surface area contributed by atoms with Crippen molar-refractivity contribution in [1.29, 1.82) is 0 Å². The van der Waals surface area contributed by atoms with Crippen molar-refractivity contribution >= 4 is 21.7 Å². The standard InChI is InChI=1S/C13H13BrF3NO2/c1-8-5-9(3-4-10(8)14)11(19)6-12(13(15,16)17)18-7-20-2/h3-6,18H,7H2,1-2H3. The lowest BCUT2D eigenvalue weighted by molar-refractivity contribution is -0.0990. The number of allylic oxidation sites excluding steroid dienone is 2. The average Bonchev–Trinajstić information content (AvgIpc) is 2.36. The van der Waals surface area contributed by atoms with E-state index in [-0.39, 0.29) is 12.3 Å². The summed E-state index contributed by atoms with van der Waals surface area (Å²) in [5.41, 5.74) is -0.181. The number of carbonyl (C=O) groups excluding carboxylic acids is 1. The molecule has 0 saturated heterocycles. The Labute approximate surface area is 122 Å². The van der Waals surface area contributed by atoms with E-state index in [9.17, 15) is 18.0 Å². The van der Waals surface area contributed by atoms with Gasteiger partial charge >= 0.3 is 6.18 Å². The molecule has 0 saturated carbocycles. The number of halogens is 4. The fraction of sp³-hybridized carbons (Fsp3) is 0.308. The smallest absolute Gasteiger partial charge is 0.365 e. The molecule has 0 bridgehead atoms. The summed E-state index contributed by atoms with van der Waals surface area (Å²) in [7, 11) is 1.25. The second-order valence-electron chi connectivity index (χ2n) is 3.99. The van der Waals surface area contributed by atoms with Crippen LogP contribution in [0.4, 0.5) is 13.2 Å². The minimum atomic E-state index is -4.64. The molecule has 1 aromatic carbocycles. The number of hydrogen-bond acceptors (Lipinski definition) is 3. The maximum atomic E-state index is 12.7. The van der Waals surface area contributed by atoms with Crippen LogP contribution in [-0.4, -0.2) is 25.8 Å². The van der Waals surface area contributed by atoms with E-state index in [4.69, 9.17) is 0 Å². The zero-order valence-corrected chi connectivity index (χ0v) is 12.4. The van der Waals surface area contributed by atoms with E-state index in [0.717, 1.165) is 10.0 Å². The second-order valence-corrected chi connectivity index (χ2v) is 4.85. The first-order chi connectivity index (χ1) is 9.25. The van der Waals surface area contributed by atoms with E-state index in [2.05, 4.69) is 20.7 Å². The minimum Gasteiger partial charge on any atom is -0.365 e. The number of alkyl halides is 3. The van der Waals surface area contributed by atoms with Gasteiger partial charge in [0.05, 0.1) is 0 Å². The van der Waals surface area contributed by atoms with Gasteiger partial charge in [-0.25, -0.2) is 0 Å². The molecule has 0 heterocycles. The highest BCUT2D eigenvalue weighted by Gasteiger charge is 2.34. The van der Waals surface area contributed by atoms with Gasteiger partial charge in [0.2, 0.25) is 0 Å². The Hall–Kier alpha value is -1.34. The molecule has 0 aliphatic rings. The van der Waals surface area contributed by atoms with Crippen LogP contribution in [0.2, 0.25) is 0 Å². The number of nitrogens with one attached hydrogen (secondary N) is 1. The van der Waals surface area contributed by atoms with Crippen molar-refractivity contribution in [3.05, 3.63) is 45.6 Å². The van der Waals surface area contributed by atoms with Gasteiger partial charge in [0.15, 0.2) is 5.78 Å². The van der Waals surface area contributed by atoms with Gasteiger partial charge in [0.1, 0.15) is 12.4 Å². The molecule has 0 atom stereocenters. The number of ketones is 1. The first-order valence-electron chi connectivity index (χ1n) is 5.58. The van der Waals surface area contributed by atoms with Crippen LogP contribution in [0.5, 0.6) is 0 Å². The number of carbonyl (C=O) groups is 1. The van der Waals surface area contributed by atoms with Crippen LogP contribution in [0.25, 0.3) is 0 Å². The molecule has 0 spiro atoms. The fourth-order valence-corrected chi connectivity index (χ4v) is 1.64.